The molecule has 3 N–H and O–H groups in total. The topological polar surface area (TPSA) is 90.6 Å². The third kappa shape index (κ3) is 3.87. The van der Waals surface area contributed by atoms with Crippen molar-refractivity contribution in [1.82, 2.24) is 5.32 Å². The van der Waals surface area contributed by atoms with E-state index in [4.69, 9.17) is 15.2 Å². The number of benzene rings is 1. The number of nitrogens with one attached hydrogen (secondary N) is 1. The fourth-order valence-electron chi connectivity index (χ4n) is 2.19. The van der Waals surface area contributed by atoms with E-state index in [-0.39, 0.29) is 0 Å². The van der Waals surface area contributed by atoms with E-state index in [1.165, 1.54) is 0 Å². The van der Waals surface area contributed by atoms with E-state index in [1.54, 1.807) is 12.1 Å². The molecule has 1 unspecified atom stereocenters. The van der Waals surface area contributed by atoms with Gasteiger partial charge < -0.3 is 15.2 Å². The zero-order chi connectivity index (χ0) is 15.2. The van der Waals surface area contributed by atoms with Gasteiger partial charge in [-0.3, -0.25) is 10.1 Å². The van der Waals surface area contributed by atoms with Gasteiger partial charge in [-0.2, -0.15) is 0 Å². The van der Waals surface area contributed by atoms with Gasteiger partial charge in [-0.15, -0.1) is 0 Å². The average molecular weight is 292 g/mol. The molecule has 1 aliphatic rings. The Morgan fingerprint density at radius 3 is 3.00 bits per heavy atom. The molecule has 1 aromatic rings. The summed E-state index contributed by atoms with van der Waals surface area (Å²) in [6, 6.07) is 5.27. The van der Waals surface area contributed by atoms with Crippen molar-refractivity contribution in [3.05, 3.63) is 29.3 Å². The van der Waals surface area contributed by atoms with Crippen molar-refractivity contribution in [1.29, 1.82) is 0 Å². The van der Waals surface area contributed by atoms with E-state index in [2.05, 4.69) is 5.32 Å². The summed E-state index contributed by atoms with van der Waals surface area (Å²) in [5.41, 5.74) is 6.59. The van der Waals surface area contributed by atoms with Crippen molar-refractivity contribution in [2.45, 2.75) is 38.8 Å². The third-order valence-electron chi connectivity index (χ3n) is 3.31. The number of carbonyl (C=O) groups excluding carboxylic acids is 2. The molecule has 6 heteroatoms. The molecule has 6 nitrogen and oxygen atoms in total. The number of nitrogens with two attached hydrogens (primary N) is 1. The van der Waals surface area contributed by atoms with Gasteiger partial charge in [-0.25, -0.2) is 4.79 Å². The zero-order valence-electron chi connectivity index (χ0n) is 12.1. The SMILES string of the molecule is CCCCOC(=O)NC1CCc2cccc(C(N)=O)c2O1. The predicted octanol–water partition coefficient (Wildman–Crippen LogP) is 1.96. The number of carbonyl (C=O) groups is 2. The molecule has 1 atom stereocenters. The van der Waals surface area contributed by atoms with E-state index >= 15 is 0 Å². The summed E-state index contributed by atoms with van der Waals surface area (Å²) in [6.07, 6.45) is 2.10. The number of hydrogen-bond acceptors (Lipinski definition) is 4. The highest BCUT2D eigenvalue weighted by molar-refractivity contribution is 5.96. The largest absolute Gasteiger partial charge is 0.469 e. The van der Waals surface area contributed by atoms with Crippen LogP contribution in [0.4, 0.5) is 4.79 Å². The second-order valence-corrected chi connectivity index (χ2v) is 4.94. The van der Waals surface area contributed by atoms with Crippen LogP contribution in [0.3, 0.4) is 0 Å². The lowest BCUT2D eigenvalue weighted by atomic mass is 10.0. The molecule has 2 rings (SSSR count). The standard InChI is InChI=1S/C15H20N2O4/c1-2-3-9-20-15(19)17-12-8-7-10-5-4-6-11(14(16)18)13(10)21-12/h4-6,12H,2-3,7-9H2,1H3,(H2,16,18)(H,17,19). The van der Waals surface area contributed by atoms with Gasteiger partial charge in [0.15, 0.2) is 6.23 Å². The van der Waals surface area contributed by atoms with Crippen molar-refractivity contribution in [2.24, 2.45) is 5.73 Å². The van der Waals surface area contributed by atoms with E-state index in [0.29, 0.717) is 30.8 Å². The van der Waals surface area contributed by atoms with Gasteiger partial charge in [0.1, 0.15) is 5.75 Å². The summed E-state index contributed by atoms with van der Waals surface area (Å²) >= 11 is 0. The molecule has 1 aliphatic heterocycles. The van der Waals surface area contributed by atoms with Crippen LogP contribution in [0.1, 0.15) is 42.1 Å². The molecule has 1 aromatic carbocycles. The van der Waals surface area contributed by atoms with Crippen LogP contribution in [0, 0.1) is 0 Å². The highest BCUT2D eigenvalue weighted by Gasteiger charge is 2.25. The van der Waals surface area contributed by atoms with Gasteiger partial charge in [-0.05, 0) is 24.5 Å². The highest BCUT2D eigenvalue weighted by atomic mass is 16.6. The van der Waals surface area contributed by atoms with Crippen LogP contribution in [-0.2, 0) is 11.2 Å². The molecular formula is C15H20N2O4. The van der Waals surface area contributed by atoms with Crippen LogP contribution >= 0.6 is 0 Å². The molecule has 2 amide bonds. The number of unbranched alkanes of at least 4 members (excludes halogenated alkanes) is 1. The molecular weight excluding hydrogens is 272 g/mol. The summed E-state index contributed by atoms with van der Waals surface area (Å²) in [4.78, 5) is 23.0. The number of hydrogen-bond donors (Lipinski definition) is 2. The first-order chi connectivity index (χ1) is 10.1. The second-order valence-electron chi connectivity index (χ2n) is 4.94. The van der Waals surface area contributed by atoms with Crippen molar-refractivity contribution in [3.8, 4) is 5.75 Å². The first kappa shape index (κ1) is 15.2. The monoisotopic (exact) mass is 292 g/mol. The third-order valence-corrected chi connectivity index (χ3v) is 3.31. The van der Waals surface area contributed by atoms with E-state index in [9.17, 15) is 9.59 Å². The Morgan fingerprint density at radius 1 is 1.48 bits per heavy atom. The lowest BCUT2D eigenvalue weighted by molar-refractivity contribution is 0.0940. The fraction of sp³-hybridized carbons (Fsp3) is 0.467. The van der Waals surface area contributed by atoms with Crippen molar-refractivity contribution >= 4 is 12.0 Å². The minimum atomic E-state index is -0.543. The number of primary amides is 1. The summed E-state index contributed by atoms with van der Waals surface area (Å²) in [7, 11) is 0. The molecule has 114 valence electrons. The maximum Gasteiger partial charge on any atom is 0.409 e. The molecule has 1 heterocycles. The van der Waals surface area contributed by atoms with E-state index in [0.717, 1.165) is 18.4 Å². The van der Waals surface area contributed by atoms with Crippen molar-refractivity contribution in [2.75, 3.05) is 6.61 Å². The van der Waals surface area contributed by atoms with Crippen LogP contribution < -0.4 is 15.8 Å². The fourth-order valence-corrected chi connectivity index (χ4v) is 2.19. The molecule has 0 saturated carbocycles. The van der Waals surface area contributed by atoms with Crippen molar-refractivity contribution in [3.63, 3.8) is 0 Å². The van der Waals surface area contributed by atoms with Crippen molar-refractivity contribution < 1.29 is 19.1 Å². The Labute approximate surface area is 123 Å². The maximum atomic E-state index is 11.6. The molecule has 0 aliphatic carbocycles. The van der Waals surface area contributed by atoms with Gasteiger partial charge in [0.2, 0.25) is 0 Å². The van der Waals surface area contributed by atoms with Gasteiger partial charge in [0.05, 0.1) is 12.2 Å². The average Bonchev–Trinajstić information content (AvgIpc) is 2.46. The van der Waals surface area contributed by atoms with Crippen LogP contribution in [0.15, 0.2) is 18.2 Å². The molecule has 0 bridgehead atoms. The predicted molar refractivity (Wildman–Crippen MR) is 77.1 cm³/mol. The summed E-state index contributed by atoms with van der Waals surface area (Å²) in [5.74, 6) is -0.0897. The molecule has 0 fully saturated rings. The number of rotatable bonds is 5. The minimum Gasteiger partial charge on any atom is -0.469 e. The Kier molecular flexibility index (Phi) is 5.03. The van der Waals surface area contributed by atoms with Crippen LogP contribution in [0.5, 0.6) is 5.75 Å². The maximum absolute atomic E-state index is 11.6. The Bertz CT molecular complexity index is 530. The molecule has 0 aromatic heterocycles. The van der Waals surface area contributed by atoms with Gasteiger partial charge in [0, 0.05) is 6.42 Å². The first-order valence-corrected chi connectivity index (χ1v) is 7.13. The number of ether oxygens (including phenoxy) is 2. The quantitative estimate of drug-likeness (QED) is 0.812. The van der Waals surface area contributed by atoms with Crippen LogP contribution in [0.2, 0.25) is 0 Å². The van der Waals surface area contributed by atoms with E-state index in [1.807, 2.05) is 13.0 Å². The van der Waals surface area contributed by atoms with Gasteiger partial charge in [0.25, 0.3) is 5.91 Å². The number of amides is 2. The normalized spacial score (nSPS) is 16.5. The molecule has 0 saturated heterocycles. The number of alkyl carbamates (subject to hydrolysis) is 1. The van der Waals surface area contributed by atoms with E-state index < -0.39 is 18.2 Å². The smallest absolute Gasteiger partial charge is 0.409 e. The summed E-state index contributed by atoms with van der Waals surface area (Å²) in [6.45, 7) is 2.41. The molecule has 21 heavy (non-hydrogen) atoms. The van der Waals surface area contributed by atoms with Crippen LogP contribution in [0.25, 0.3) is 0 Å². The Morgan fingerprint density at radius 2 is 2.29 bits per heavy atom. The first-order valence-electron chi connectivity index (χ1n) is 7.13. The number of aryl methyl sites for hydroxylation is 1. The van der Waals surface area contributed by atoms with Crippen LogP contribution in [-0.4, -0.2) is 24.8 Å². The highest BCUT2D eigenvalue weighted by Crippen LogP contribution is 2.30. The zero-order valence-corrected chi connectivity index (χ0v) is 12.1. The summed E-state index contributed by atoms with van der Waals surface area (Å²) < 4.78 is 10.7. The number of para-hydroxylation sites is 1. The molecule has 0 spiro atoms. The van der Waals surface area contributed by atoms with Gasteiger partial charge >= 0.3 is 6.09 Å². The Hall–Kier alpha value is -2.24. The Balaban J connectivity index is 1.98. The minimum absolute atomic E-state index is 0.332. The second kappa shape index (κ2) is 6.97. The lowest BCUT2D eigenvalue weighted by Crippen LogP contribution is -2.42. The van der Waals surface area contributed by atoms with Gasteiger partial charge in [-0.1, -0.05) is 25.5 Å². The summed E-state index contributed by atoms with van der Waals surface area (Å²) in [5, 5.41) is 2.65. The molecule has 0 radical (unpaired) electrons. The number of fused-ring (bicyclic) bond motifs is 1. The lowest BCUT2D eigenvalue weighted by Gasteiger charge is -2.27.